The van der Waals surface area contributed by atoms with Crippen molar-refractivity contribution >= 4 is 40.1 Å². The van der Waals surface area contributed by atoms with Crippen molar-refractivity contribution in [1.82, 2.24) is 0 Å². The topological polar surface area (TPSA) is 17.1 Å². The highest BCUT2D eigenvalue weighted by molar-refractivity contribution is 14.1. The van der Waals surface area contributed by atoms with Gasteiger partial charge in [-0.2, -0.15) is 13.2 Å². The van der Waals surface area contributed by atoms with Crippen LogP contribution in [0.3, 0.4) is 0 Å². The fraction of sp³-hybridized carbons (Fsp3) is 0.300. The summed E-state index contributed by atoms with van der Waals surface area (Å²) >= 11 is 1.68. The molecule has 0 bridgehead atoms. The first kappa shape index (κ1) is 13.8. The predicted molar refractivity (Wildman–Crippen MR) is 65.7 cm³/mol. The second-order valence-electron chi connectivity index (χ2n) is 2.97. The Morgan fingerprint density at radius 1 is 1.44 bits per heavy atom. The molecule has 0 radical (unpaired) electrons. The first-order valence-electron chi connectivity index (χ1n) is 4.42. The SMILES string of the molecule is CCC(=O)c1ccc(I)cc1SC(F)(F)F. The van der Waals surface area contributed by atoms with E-state index in [2.05, 4.69) is 0 Å². The Balaban J connectivity index is 3.13. The maximum Gasteiger partial charge on any atom is 0.446 e. The predicted octanol–water partition coefficient (Wildman–Crippen LogP) is 4.50. The summed E-state index contributed by atoms with van der Waals surface area (Å²) < 4.78 is 37.5. The number of thioether (sulfide) groups is 1. The molecule has 0 saturated carbocycles. The minimum atomic E-state index is -4.37. The summed E-state index contributed by atoms with van der Waals surface area (Å²) in [5.41, 5.74) is -4.22. The second kappa shape index (κ2) is 5.39. The van der Waals surface area contributed by atoms with Crippen LogP contribution in [-0.4, -0.2) is 11.3 Å². The summed E-state index contributed by atoms with van der Waals surface area (Å²) in [6.45, 7) is 1.63. The molecule has 0 aliphatic rings. The molecular formula is C10H8F3IOS. The smallest absolute Gasteiger partial charge is 0.294 e. The molecule has 1 aromatic rings. The van der Waals surface area contributed by atoms with E-state index in [1.807, 2.05) is 22.6 Å². The number of carbonyl (C=O) groups excluding carboxylic acids is 1. The summed E-state index contributed by atoms with van der Waals surface area (Å²) in [6, 6.07) is 4.45. The van der Waals surface area contributed by atoms with Crippen LogP contribution < -0.4 is 0 Å². The number of alkyl halides is 3. The fourth-order valence-corrected chi connectivity index (χ4v) is 2.56. The van der Waals surface area contributed by atoms with E-state index in [1.54, 1.807) is 13.0 Å². The Morgan fingerprint density at radius 3 is 2.56 bits per heavy atom. The molecule has 0 amide bonds. The molecule has 0 aliphatic heterocycles. The summed E-state index contributed by atoms with van der Waals surface area (Å²) in [4.78, 5) is 11.4. The molecule has 0 spiro atoms. The van der Waals surface area contributed by atoms with Gasteiger partial charge >= 0.3 is 5.51 Å². The van der Waals surface area contributed by atoms with Crippen LogP contribution in [0.25, 0.3) is 0 Å². The van der Waals surface area contributed by atoms with Gasteiger partial charge in [0.05, 0.1) is 0 Å². The van der Waals surface area contributed by atoms with Gasteiger partial charge in [-0.05, 0) is 52.6 Å². The van der Waals surface area contributed by atoms with Crippen LogP contribution in [0.1, 0.15) is 23.7 Å². The van der Waals surface area contributed by atoms with Gasteiger partial charge in [0.15, 0.2) is 5.78 Å². The van der Waals surface area contributed by atoms with Crippen molar-refractivity contribution in [2.24, 2.45) is 0 Å². The molecule has 1 nitrogen and oxygen atoms in total. The molecule has 88 valence electrons. The monoisotopic (exact) mass is 360 g/mol. The Bertz CT molecular complexity index is 404. The van der Waals surface area contributed by atoms with Gasteiger partial charge in [-0.25, -0.2) is 0 Å². The van der Waals surface area contributed by atoms with Gasteiger partial charge in [0.1, 0.15) is 0 Å². The maximum atomic E-state index is 12.3. The highest BCUT2D eigenvalue weighted by Gasteiger charge is 2.31. The third-order valence-corrected chi connectivity index (χ3v) is 3.25. The number of carbonyl (C=O) groups is 1. The zero-order valence-electron chi connectivity index (χ0n) is 8.27. The molecule has 0 aliphatic carbocycles. The van der Waals surface area contributed by atoms with E-state index in [0.29, 0.717) is 3.57 Å². The zero-order valence-corrected chi connectivity index (χ0v) is 11.2. The molecule has 1 aromatic carbocycles. The van der Waals surface area contributed by atoms with E-state index in [9.17, 15) is 18.0 Å². The molecule has 16 heavy (non-hydrogen) atoms. The van der Waals surface area contributed by atoms with Gasteiger partial charge in [-0.3, -0.25) is 4.79 Å². The van der Waals surface area contributed by atoms with Crippen LogP contribution in [-0.2, 0) is 0 Å². The van der Waals surface area contributed by atoms with Gasteiger partial charge in [0.2, 0.25) is 0 Å². The van der Waals surface area contributed by atoms with Crippen LogP contribution in [0.4, 0.5) is 13.2 Å². The van der Waals surface area contributed by atoms with E-state index >= 15 is 0 Å². The number of hydrogen-bond donors (Lipinski definition) is 0. The molecule has 6 heteroatoms. The van der Waals surface area contributed by atoms with Crippen molar-refractivity contribution in [1.29, 1.82) is 0 Å². The maximum absolute atomic E-state index is 12.3. The molecule has 0 N–H and O–H groups in total. The average molecular weight is 360 g/mol. The first-order valence-corrected chi connectivity index (χ1v) is 6.31. The van der Waals surface area contributed by atoms with Crippen LogP contribution in [0.2, 0.25) is 0 Å². The summed E-state index contributed by atoms with van der Waals surface area (Å²) in [5, 5.41) is 0. The van der Waals surface area contributed by atoms with Crippen LogP contribution in [0, 0.1) is 3.57 Å². The molecule has 0 unspecified atom stereocenters. The minimum Gasteiger partial charge on any atom is -0.294 e. The highest BCUT2D eigenvalue weighted by Crippen LogP contribution is 2.39. The highest BCUT2D eigenvalue weighted by atomic mass is 127. The summed E-state index contributed by atoms with van der Waals surface area (Å²) in [5.74, 6) is -0.275. The normalized spacial score (nSPS) is 11.6. The lowest BCUT2D eigenvalue weighted by molar-refractivity contribution is -0.0328. The fourth-order valence-electron chi connectivity index (χ4n) is 1.13. The molecule has 0 saturated heterocycles. The Labute approximate surface area is 109 Å². The first-order chi connectivity index (χ1) is 7.33. The van der Waals surface area contributed by atoms with E-state index in [1.165, 1.54) is 12.1 Å². The van der Waals surface area contributed by atoms with E-state index in [-0.39, 0.29) is 34.4 Å². The van der Waals surface area contributed by atoms with E-state index in [0.717, 1.165) is 0 Å². The number of Topliss-reactive ketones (excluding diaryl/α,β-unsaturated/α-hetero) is 1. The number of halogens is 4. The molecular weight excluding hydrogens is 352 g/mol. The van der Waals surface area contributed by atoms with Crippen LogP contribution in [0.5, 0.6) is 0 Å². The average Bonchev–Trinajstić information content (AvgIpc) is 2.14. The molecule has 1 rings (SSSR count). The van der Waals surface area contributed by atoms with E-state index in [4.69, 9.17) is 0 Å². The Morgan fingerprint density at radius 2 is 2.06 bits per heavy atom. The molecule has 0 heterocycles. The third-order valence-electron chi connectivity index (χ3n) is 1.79. The Kier molecular flexibility index (Phi) is 4.66. The van der Waals surface area contributed by atoms with Gasteiger partial charge < -0.3 is 0 Å². The largest absolute Gasteiger partial charge is 0.446 e. The summed E-state index contributed by atoms with van der Waals surface area (Å²) in [7, 11) is 0. The van der Waals surface area contributed by atoms with Crippen molar-refractivity contribution in [3.8, 4) is 0 Å². The summed E-state index contributed by atoms with van der Waals surface area (Å²) in [6.07, 6.45) is 0.200. The van der Waals surface area contributed by atoms with Crippen molar-refractivity contribution in [2.45, 2.75) is 23.7 Å². The number of rotatable bonds is 3. The lowest BCUT2D eigenvalue weighted by Gasteiger charge is -2.10. The van der Waals surface area contributed by atoms with Crippen molar-refractivity contribution in [2.75, 3.05) is 0 Å². The van der Waals surface area contributed by atoms with Crippen molar-refractivity contribution in [3.05, 3.63) is 27.3 Å². The van der Waals surface area contributed by atoms with Gasteiger partial charge in [-0.15, -0.1) is 0 Å². The zero-order chi connectivity index (χ0) is 12.3. The molecule has 0 fully saturated rings. The number of benzene rings is 1. The van der Waals surface area contributed by atoms with Gasteiger partial charge in [-0.1, -0.05) is 6.92 Å². The quantitative estimate of drug-likeness (QED) is 0.449. The number of hydrogen-bond acceptors (Lipinski definition) is 2. The lowest BCUT2D eigenvalue weighted by atomic mass is 10.1. The molecule has 0 atom stereocenters. The second-order valence-corrected chi connectivity index (χ2v) is 5.32. The third kappa shape index (κ3) is 3.97. The Hall–Kier alpha value is -0.240. The van der Waals surface area contributed by atoms with Crippen LogP contribution in [0.15, 0.2) is 23.1 Å². The van der Waals surface area contributed by atoms with Crippen molar-refractivity contribution < 1.29 is 18.0 Å². The van der Waals surface area contributed by atoms with Crippen LogP contribution >= 0.6 is 34.4 Å². The van der Waals surface area contributed by atoms with E-state index < -0.39 is 5.51 Å². The number of ketones is 1. The minimum absolute atomic E-state index is 0.0220. The molecule has 0 aromatic heterocycles. The van der Waals surface area contributed by atoms with Gasteiger partial charge in [0, 0.05) is 20.4 Å². The van der Waals surface area contributed by atoms with Crippen molar-refractivity contribution in [3.63, 3.8) is 0 Å². The standard InChI is InChI=1S/C10H8F3IOS/c1-2-8(15)7-4-3-6(14)5-9(7)16-10(11,12)13/h3-5H,2H2,1H3. The van der Waals surface area contributed by atoms with Gasteiger partial charge in [0.25, 0.3) is 0 Å². The lowest BCUT2D eigenvalue weighted by Crippen LogP contribution is -2.05.